The minimum absolute atomic E-state index is 0.275. The zero-order valence-corrected chi connectivity index (χ0v) is 13.5. The van der Waals surface area contributed by atoms with Crippen LogP contribution in [0.4, 0.5) is 0 Å². The Labute approximate surface area is 140 Å². The number of fused-ring (bicyclic) bond motifs is 1. The summed E-state index contributed by atoms with van der Waals surface area (Å²) in [6.45, 7) is 1.86. The van der Waals surface area contributed by atoms with Crippen LogP contribution in [0.15, 0.2) is 59.7 Å². The zero-order valence-electron chi connectivity index (χ0n) is 13.5. The Morgan fingerprint density at radius 3 is 2.75 bits per heavy atom. The first-order valence-corrected chi connectivity index (χ1v) is 7.52. The fourth-order valence-corrected chi connectivity index (χ4v) is 2.49. The lowest BCUT2D eigenvalue weighted by Gasteiger charge is -2.06. The third-order valence-corrected chi connectivity index (χ3v) is 3.60. The Morgan fingerprint density at radius 1 is 1.17 bits per heavy atom. The molecular weight excluding hydrogens is 302 g/mol. The lowest BCUT2D eigenvalue weighted by atomic mass is 10.1. The van der Waals surface area contributed by atoms with Gasteiger partial charge in [-0.3, -0.25) is 9.78 Å². The van der Waals surface area contributed by atoms with Crippen molar-refractivity contribution in [3.8, 4) is 5.75 Å². The fourth-order valence-electron chi connectivity index (χ4n) is 2.49. The van der Waals surface area contributed by atoms with Crippen molar-refractivity contribution in [1.29, 1.82) is 0 Å². The maximum Gasteiger partial charge on any atom is 0.272 e. The van der Waals surface area contributed by atoms with Crippen LogP contribution in [0.1, 0.15) is 21.6 Å². The molecule has 1 N–H and O–H groups in total. The molecule has 2 aromatic carbocycles. The molecule has 0 spiro atoms. The molecule has 5 heteroatoms. The van der Waals surface area contributed by atoms with Gasteiger partial charge in [0.05, 0.1) is 24.4 Å². The Hall–Kier alpha value is -3.21. The molecule has 0 aliphatic rings. The number of benzene rings is 2. The standard InChI is InChI=1S/C19H17N3O2/c1-13-11-16(15-8-4-5-9-17(15)21-13)19(23)22-20-12-14-7-3-6-10-18(14)24-2/h3-12H,1-2H3,(H,22,23)/b20-12-. The molecule has 1 heterocycles. The minimum Gasteiger partial charge on any atom is -0.496 e. The van der Waals surface area contributed by atoms with Gasteiger partial charge in [0.1, 0.15) is 5.75 Å². The van der Waals surface area contributed by atoms with Gasteiger partial charge in [-0.2, -0.15) is 5.10 Å². The summed E-state index contributed by atoms with van der Waals surface area (Å²) in [5.41, 5.74) is 5.48. The maximum atomic E-state index is 12.5. The number of para-hydroxylation sites is 2. The maximum absolute atomic E-state index is 12.5. The third kappa shape index (κ3) is 3.25. The molecule has 0 atom stereocenters. The van der Waals surface area contributed by atoms with Gasteiger partial charge in [0.25, 0.3) is 5.91 Å². The summed E-state index contributed by atoms with van der Waals surface area (Å²) in [5.74, 6) is 0.420. The molecule has 1 aromatic heterocycles. The average Bonchev–Trinajstić information content (AvgIpc) is 2.61. The topological polar surface area (TPSA) is 63.6 Å². The Balaban J connectivity index is 1.84. The van der Waals surface area contributed by atoms with Gasteiger partial charge < -0.3 is 4.74 Å². The summed E-state index contributed by atoms with van der Waals surface area (Å²) in [4.78, 5) is 16.9. The summed E-state index contributed by atoms with van der Waals surface area (Å²) in [7, 11) is 1.59. The first kappa shape index (κ1) is 15.7. The number of aromatic nitrogens is 1. The molecule has 24 heavy (non-hydrogen) atoms. The number of ether oxygens (including phenoxy) is 1. The first-order valence-electron chi connectivity index (χ1n) is 7.52. The molecule has 0 saturated heterocycles. The second kappa shape index (κ2) is 6.91. The summed E-state index contributed by atoms with van der Waals surface area (Å²) in [6.07, 6.45) is 1.56. The first-order chi connectivity index (χ1) is 11.7. The molecule has 5 nitrogen and oxygen atoms in total. The second-order valence-electron chi connectivity index (χ2n) is 5.27. The van der Waals surface area contributed by atoms with Gasteiger partial charge in [0.2, 0.25) is 0 Å². The van der Waals surface area contributed by atoms with Crippen LogP contribution < -0.4 is 10.2 Å². The average molecular weight is 319 g/mol. The van der Waals surface area contributed by atoms with Gasteiger partial charge in [-0.05, 0) is 31.2 Å². The molecule has 1 amide bonds. The molecule has 3 rings (SSSR count). The van der Waals surface area contributed by atoms with E-state index in [0.29, 0.717) is 11.3 Å². The molecule has 0 unspecified atom stereocenters. The van der Waals surface area contributed by atoms with Crippen LogP contribution in [0.2, 0.25) is 0 Å². The van der Waals surface area contributed by atoms with Crippen LogP contribution in [-0.4, -0.2) is 24.2 Å². The molecule has 0 saturated carbocycles. The summed E-state index contributed by atoms with van der Waals surface area (Å²) < 4.78 is 5.25. The summed E-state index contributed by atoms with van der Waals surface area (Å²) in [6, 6.07) is 16.8. The van der Waals surface area contributed by atoms with Crippen molar-refractivity contribution in [1.82, 2.24) is 10.4 Å². The van der Waals surface area contributed by atoms with E-state index in [1.807, 2.05) is 55.5 Å². The van der Waals surface area contributed by atoms with Crippen LogP contribution >= 0.6 is 0 Å². The van der Waals surface area contributed by atoms with Crippen molar-refractivity contribution in [3.05, 3.63) is 71.4 Å². The van der Waals surface area contributed by atoms with Gasteiger partial charge in [0, 0.05) is 16.6 Å². The number of nitrogens with zero attached hydrogens (tertiary/aromatic N) is 2. The highest BCUT2D eigenvalue weighted by molar-refractivity contribution is 6.06. The molecule has 0 aliphatic carbocycles. The number of pyridine rings is 1. The molecule has 3 aromatic rings. The number of carbonyl (C=O) groups is 1. The van der Waals surface area contributed by atoms with Crippen molar-refractivity contribution >= 4 is 23.0 Å². The number of hydrogen-bond donors (Lipinski definition) is 1. The van der Waals surface area contributed by atoms with E-state index >= 15 is 0 Å². The second-order valence-corrected chi connectivity index (χ2v) is 5.27. The molecule has 0 fully saturated rings. The highest BCUT2D eigenvalue weighted by Gasteiger charge is 2.11. The van der Waals surface area contributed by atoms with Crippen LogP contribution in [0.5, 0.6) is 5.75 Å². The number of aryl methyl sites for hydroxylation is 1. The third-order valence-electron chi connectivity index (χ3n) is 3.60. The van der Waals surface area contributed by atoms with Crippen molar-refractivity contribution in [3.63, 3.8) is 0 Å². The summed E-state index contributed by atoms with van der Waals surface area (Å²) in [5, 5.41) is 4.84. The van der Waals surface area contributed by atoms with E-state index in [-0.39, 0.29) is 5.91 Å². The highest BCUT2D eigenvalue weighted by Crippen LogP contribution is 2.18. The number of amides is 1. The van der Waals surface area contributed by atoms with Crippen molar-refractivity contribution in [2.45, 2.75) is 6.92 Å². The molecular formula is C19H17N3O2. The van der Waals surface area contributed by atoms with Crippen molar-refractivity contribution in [2.75, 3.05) is 7.11 Å². The smallest absolute Gasteiger partial charge is 0.272 e. The van der Waals surface area contributed by atoms with Gasteiger partial charge in [0.15, 0.2) is 0 Å². The van der Waals surface area contributed by atoms with Gasteiger partial charge in [-0.15, -0.1) is 0 Å². The molecule has 0 aliphatic heterocycles. The van der Waals surface area contributed by atoms with Crippen LogP contribution in [-0.2, 0) is 0 Å². The van der Waals surface area contributed by atoms with Gasteiger partial charge in [-0.1, -0.05) is 30.3 Å². The van der Waals surface area contributed by atoms with E-state index in [1.54, 1.807) is 19.4 Å². The lowest BCUT2D eigenvalue weighted by molar-refractivity contribution is 0.0956. The molecule has 0 radical (unpaired) electrons. The Bertz CT molecular complexity index is 919. The van der Waals surface area contributed by atoms with E-state index in [1.165, 1.54) is 0 Å². The van der Waals surface area contributed by atoms with E-state index in [0.717, 1.165) is 22.2 Å². The number of nitrogens with one attached hydrogen (secondary N) is 1. The van der Waals surface area contributed by atoms with E-state index in [9.17, 15) is 4.79 Å². The monoisotopic (exact) mass is 319 g/mol. The van der Waals surface area contributed by atoms with Gasteiger partial charge in [-0.25, -0.2) is 5.43 Å². The SMILES string of the molecule is COc1ccccc1/C=N\NC(=O)c1cc(C)nc2ccccc12. The number of methoxy groups -OCH3 is 1. The van der Waals surface area contributed by atoms with Crippen molar-refractivity contribution in [2.24, 2.45) is 5.10 Å². The van der Waals surface area contributed by atoms with E-state index in [2.05, 4.69) is 15.5 Å². The summed E-state index contributed by atoms with van der Waals surface area (Å²) >= 11 is 0. The minimum atomic E-state index is -0.275. The number of hydrazone groups is 1. The highest BCUT2D eigenvalue weighted by atomic mass is 16.5. The molecule has 0 bridgehead atoms. The van der Waals surface area contributed by atoms with E-state index in [4.69, 9.17) is 4.74 Å². The van der Waals surface area contributed by atoms with Gasteiger partial charge >= 0.3 is 0 Å². The quantitative estimate of drug-likeness (QED) is 0.593. The molecule has 120 valence electrons. The Kier molecular flexibility index (Phi) is 4.52. The van der Waals surface area contributed by atoms with E-state index < -0.39 is 0 Å². The normalized spacial score (nSPS) is 10.9. The van der Waals surface area contributed by atoms with Crippen LogP contribution in [0, 0.1) is 6.92 Å². The predicted octanol–water partition coefficient (Wildman–Crippen LogP) is 3.32. The number of carbonyl (C=O) groups excluding carboxylic acids is 1. The predicted molar refractivity (Wildman–Crippen MR) is 94.5 cm³/mol. The van der Waals surface area contributed by atoms with Crippen molar-refractivity contribution < 1.29 is 9.53 Å². The Morgan fingerprint density at radius 2 is 1.92 bits per heavy atom. The number of rotatable bonds is 4. The lowest BCUT2D eigenvalue weighted by Crippen LogP contribution is -2.18. The largest absolute Gasteiger partial charge is 0.496 e. The fraction of sp³-hybridized carbons (Fsp3) is 0.105. The zero-order chi connectivity index (χ0) is 16.9. The number of hydrogen-bond acceptors (Lipinski definition) is 4. The van der Waals surface area contributed by atoms with Crippen LogP contribution in [0.25, 0.3) is 10.9 Å². The van der Waals surface area contributed by atoms with Crippen LogP contribution in [0.3, 0.4) is 0 Å².